The molecule has 0 radical (unpaired) electrons. The Hall–Kier alpha value is -2.81. The van der Waals surface area contributed by atoms with Gasteiger partial charge in [-0.3, -0.25) is 4.79 Å². The van der Waals surface area contributed by atoms with Crippen LogP contribution in [0.4, 0.5) is 0 Å². The van der Waals surface area contributed by atoms with Gasteiger partial charge in [-0.25, -0.2) is 0 Å². The Kier molecular flexibility index (Phi) is 3.83. The SMILES string of the molecule is CCOC1(c2ccc(O)cc2)Oc2cc(O)cc(O)c2C(=O)C1(O)O. The van der Waals surface area contributed by atoms with E-state index in [0.29, 0.717) is 0 Å². The van der Waals surface area contributed by atoms with Crippen LogP contribution in [-0.2, 0) is 10.5 Å². The van der Waals surface area contributed by atoms with Crippen molar-refractivity contribution in [2.45, 2.75) is 18.5 Å². The largest absolute Gasteiger partial charge is 0.508 e. The summed E-state index contributed by atoms with van der Waals surface area (Å²) in [4.78, 5) is 12.7. The Morgan fingerprint density at radius 3 is 2.28 bits per heavy atom. The van der Waals surface area contributed by atoms with Crippen molar-refractivity contribution >= 4 is 5.78 Å². The van der Waals surface area contributed by atoms with Gasteiger partial charge in [0, 0.05) is 24.3 Å². The van der Waals surface area contributed by atoms with Crippen LogP contribution >= 0.6 is 0 Å². The fourth-order valence-corrected chi connectivity index (χ4v) is 2.80. The maximum Gasteiger partial charge on any atom is 0.301 e. The first kappa shape index (κ1) is 17.0. The number of phenols is 3. The van der Waals surface area contributed by atoms with Crippen molar-refractivity contribution in [3.05, 3.63) is 47.5 Å². The third-order valence-electron chi connectivity index (χ3n) is 3.92. The molecule has 0 fully saturated rings. The molecule has 5 N–H and O–H groups in total. The fraction of sp³-hybridized carbons (Fsp3) is 0.235. The van der Waals surface area contributed by atoms with Gasteiger partial charge in [0.25, 0.3) is 5.79 Å². The summed E-state index contributed by atoms with van der Waals surface area (Å²) in [5, 5.41) is 50.1. The average Bonchev–Trinajstić information content (AvgIpc) is 2.53. The number of carbonyl (C=O) groups excluding carboxylic acids is 1. The zero-order valence-corrected chi connectivity index (χ0v) is 13.1. The number of carbonyl (C=O) groups is 1. The molecule has 2 aromatic carbocycles. The maximum absolute atomic E-state index is 12.7. The van der Waals surface area contributed by atoms with Gasteiger partial charge >= 0.3 is 5.79 Å². The van der Waals surface area contributed by atoms with Crippen LogP contribution in [0.3, 0.4) is 0 Å². The van der Waals surface area contributed by atoms with Gasteiger partial charge in [-0.1, -0.05) is 0 Å². The lowest BCUT2D eigenvalue weighted by Crippen LogP contribution is -2.64. The number of aliphatic hydroxyl groups is 2. The normalized spacial score (nSPS) is 21.5. The summed E-state index contributed by atoms with van der Waals surface area (Å²) in [5.74, 6) is -8.21. The molecule has 1 atom stereocenters. The van der Waals surface area contributed by atoms with Crippen LogP contribution < -0.4 is 4.74 Å². The number of benzene rings is 2. The summed E-state index contributed by atoms with van der Waals surface area (Å²) in [6.45, 7) is 1.50. The minimum Gasteiger partial charge on any atom is -0.508 e. The van der Waals surface area contributed by atoms with Crippen molar-refractivity contribution in [3.63, 3.8) is 0 Å². The van der Waals surface area contributed by atoms with Crippen molar-refractivity contribution in [3.8, 4) is 23.0 Å². The zero-order chi connectivity index (χ0) is 18.4. The van der Waals surface area contributed by atoms with E-state index < -0.39 is 28.7 Å². The molecule has 0 saturated carbocycles. The van der Waals surface area contributed by atoms with E-state index in [2.05, 4.69) is 0 Å². The minimum atomic E-state index is -3.18. The molecule has 0 amide bonds. The van der Waals surface area contributed by atoms with E-state index in [1.807, 2.05) is 0 Å². The first-order chi connectivity index (χ1) is 11.7. The predicted molar refractivity (Wildman–Crippen MR) is 83.3 cm³/mol. The van der Waals surface area contributed by atoms with Crippen molar-refractivity contribution < 1.29 is 39.8 Å². The van der Waals surface area contributed by atoms with Crippen LogP contribution in [-0.4, -0.2) is 43.7 Å². The van der Waals surface area contributed by atoms with E-state index in [-0.39, 0.29) is 29.4 Å². The Morgan fingerprint density at radius 1 is 1.04 bits per heavy atom. The quantitative estimate of drug-likeness (QED) is 0.517. The van der Waals surface area contributed by atoms with E-state index in [0.717, 1.165) is 12.1 Å². The summed E-state index contributed by atoms with van der Waals surface area (Å²) in [6.07, 6.45) is 0. The van der Waals surface area contributed by atoms with Crippen LogP contribution in [0.25, 0.3) is 0 Å². The molecule has 0 aromatic heterocycles. The highest BCUT2D eigenvalue weighted by atomic mass is 16.7. The molecule has 3 rings (SSSR count). The summed E-state index contributed by atoms with van der Waals surface area (Å²) < 4.78 is 11.0. The molecule has 2 aromatic rings. The number of aromatic hydroxyl groups is 3. The van der Waals surface area contributed by atoms with Gasteiger partial charge in [0.05, 0.1) is 0 Å². The average molecular weight is 348 g/mol. The van der Waals surface area contributed by atoms with Crippen molar-refractivity contribution in [1.82, 2.24) is 0 Å². The van der Waals surface area contributed by atoms with Crippen LogP contribution in [0.2, 0.25) is 0 Å². The molecular formula is C17H16O8. The maximum atomic E-state index is 12.7. The summed E-state index contributed by atoms with van der Waals surface area (Å²) >= 11 is 0. The monoisotopic (exact) mass is 348 g/mol. The van der Waals surface area contributed by atoms with Crippen LogP contribution in [0, 0.1) is 0 Å². The Balaban J connectivity index is 2.28. The number of Topliss-reactive ketones (excluding diaryl/α,β-unsaturated/α-hetero) is 1. The number of ether oxygens (including phenoxy) is 2. The van der Waals surface area contributed by atoms with Gasteiger partial charge in [0.1, 0.15) is 28.6 Å². The van der Waals surface area contributed by atoms with E-state index in [4.69, 9.17) is 9.47 Å². The van der Waals surface area contributed by atoms with Gasteiger partial charge in [-0.05, 0) is 31.2 Å². The second-order valence-electron chi connectivity index (χ2n) is 5.54. The molecule has 1 aliphatic heterocycles. The van der Waals surface area contributed by atoms with Gasteiger partial charge in [-0.15, -0.1) is 0 Å². The van der Waals surface area contributed by atoms with Crippen molar-refractivity contribution in [2.24, 2.45) is 0 Å². The van der Waals surface area contributed by atoms with E-state index >= 15 is 0 Å². The number of hydrogen-bond donors (Lipinski definition) is 5. The van der Waals surface area contributed by atoms with Gasteiger partial charge in [0.2, 0.25) is 5.78 Å². The van der Waals surface area contributed by atoms with E-state index in [9.17, 15) is 30.3 Å². The second-order valence-corrected chi connectivity index (χ2v) is 5.54. The predicted octanol–water partition coefficient (Wildman–Crippen LogP) is 0.949. The van der Waals surface area contributed by atoms with Crippen LogP contribution in [0.15, 0.2) is 36.4 Å². The van der Waals surface area contributed by atoms with E-state index in [1.165, 1.54) is 24.3 Å². The second kappa shape index (κ2) is 5.62. The molecule has 1 heterocycles. The first-order valence-corrected chi connectivity index (χ1v) is 7.41. The van der Waals surface area contributed by atoms with Crippen molar-refractivity contribution in [1.29, 1.82) is 0 Å². The molecular weight excluding hydrogens is 332 g/mol. The molecule has 8 heteroatoms. The topological polar surface area (TPSA) is 137 Å². The minimum absolute atomic E-state index is 0.0407. The van der Waals surface area contributed by atoms with Gasteiger partial charge in [0.15, 0.2) is 0 Å². The number of phenolic OH excluding ortho intramolecular Hbond substituents is 3. The summed E-state index contributed by atoms with van der Waals surface area (Å²) in [7, 11) is 0. The highest BCUT2D eigenvalue weighted by Gasteiger charge is 2.64. The standard InChI is InChI=1S/C17H16O8/c1-2-24-17(9-3-5-10(18)6-4-9)16(22,23)15(21)14-12(20)7-11(19)8-13(14)25-17/h3-8,18-20,22-23H,2H2,1H3. The molecule has 1 unspecified atom stereocenters. The number of fused-ring (bicyclic) bond motifs is 1. The third kappa shape index (κ3) is 2.39. The smallest absolute Gasteiger partial charge is 0.301 e. The zero-order valence-electron chi connectivity index (χ0n) is 13.1. The first-order valence-electron chi connectivity index (χ1n) is 7.41. The Morgan fingerprint density at radius 2 is 1.68 bits per heavy atom. The molecule has 1 aliphatic rings. The van der Waals surface area contributed by atoms with Crippen LogP contribution in [0.1, 0.15) is 22.8 Å². The molecule has 0 aliphatic carbocycles. The lowest BCUT2D eigenvalue weighted by molar-refractivity contribution is -0.345. The third-order valence-corrected chi connectivity index (χ3v) is 3.92. The molecule has 8 nitrogen and oxygen atoms in total. The molecule has 0 spiro atoms. The number of hydrogen-bond acceptors (Lipinski definition) is 8. The van der Waals surface area contributed by atoms with E-state index in [1.54, 1.807) is 6.92 Å². The Labute approximate surface area is 142 Å². The molecule has 0 bridgehead atoms. The Bertz CT molecular complexity index is 827. The summed E-state index contributed by atoms with van der Waals surface area (Å²) in [5.41, 5.74) is -0.448. The highest BCUT2D eigenvalue weighted by Crippen LogP contribution is 2.49. The summed E-state index contributed by atoms with van der Waals surface area (Å²) in [6, 6.07) is 7.05. The lowest BCUT2D eigenvalue weighted by Gasteiger charge is -2.45. The highest BCUT2D eigenvalue weighted by molar-refractivity contribution is 6.07. The number of rotatable bonds is 3. The van der Waals surface area contributed by atoms with Gasteiger partial charge in [-0.2, -0.15) is 0 Å². The number of ketones is 1. The van der Waals surface area contributed by atoms with Crippen molar-refractivity contribution in [2.75, 3.05) is 6.61 Å². The molecule has 0 saturated heterocycles. The van der Waals surface area contributed by atoms with Crippen LogP contribution in [0.5, 0.6) is 23.0 Å². The van der Waals surface area contributed by atoms with Gasteiger partial charge < -0.3 is 35.0 Å². The molecule has 132 valence electrons. The lowest BCUT2D eigenvalue weighted by atomic mass is 9.86. The fourth-order valence-electron chi connectivity index (χ4n) is 2.80. The molecule has 25 heavy (non-hydrogen) atoms.